The van der Waals surface area contributed by atoms with Crippen LogP contribution in [0.3, 0.4) is 0 Å². The first-order valence-corrected chi connectivity index (χ1v) is 6.83. The average Bonchev–Trinajstić information content (AvgIpc) is 2.57. The van der Waals surface area contributed by atoms with E-state index in [0.717, 1.165) is 34.2 Å². The van der Waals surface area contributed by atoms with Crippen LogP contribution >= 0.6 is 22.9 Å². The second-order valence-electron chi connectivity index (χ2n) is 4.53. The Hall–Kier alpha value is -1.17. The summed E-state index contributed by atoms with van der Waals surface area (Å²) in [5.41, 5.74) is 1.87. The van der Waals surface area contributed by atoms with Crippen molar-refractivity contribution in [2.75, 3.05) is 13.6 Å². The lowest BCUT2D eigenvalue weighted by molar-refractivity contribution is -0.380. The van der Waals surface area contributed by atoms with Crippen molar-refractivity contribution >= 4 is 38.0 Å². The number of thiophene rings is 1. The van der Waals surface area contributed by atoms with Gasteiger partial charge in [0.25, 0.3) is 0 Å². The van der Waals surface area contributed by atoms with Crippen LogP contribution in [0.25, 0.3) is 10.1 Å². The number of likely N-dealkylation sites (N-methyl/N-ethyl adjacent to an activating group) is 1. The van der Waals surface area contributed by atoms with Gasteiger partial charge in [-0.25, -0.2) is 0 Å². The Morgan fingerprint density at radius 3 is 2.94 bits per heavy atom. The van der Waals surface area contributed by atoms with Crippen molar-refractivity contribution in [3.8, 4) is 0 Å². The van der Waals surface area contributed by atoms with Crippen LogP contribution in [0.2, 0.25) is 5.02 Å². The van der Waals surface area contributed by atoms with Crippen molar-refractivity contribution in [2.24, 2.45) is 0 Å². The molecule has 6 heteroatoms. The molecule has 1 aromatic carbocycles. The van der Waals surface area contributed by atoms with Crippen LogP contribution in [0.15, 0.2) is 12.1 Å². The maximum Gasteiger partial charge on any atom is 0.329 e. The van der Waals surface area contributed by atoms with Gasteiger partial charge in [0.1, 0.15) is 0 Å². The highest BCUT2D eigenvalue weighted by Crippen LogP contribution is 2.42. The summed E-state index contributed by atoms with van der Waals surface area (Å²) in [5.74, 6) is 0. The van der Waals surface area contributed by atoms with Gasteiger partial charge in [0.2, 0.25) is 0 Å². The minimum atomic E-state index is -0.281. The Kier molecular flexibility index (Phi) is 2.77. The van der Waals surface area contributed by atoms with E-state index in [1.54, 1.807) is 0 Å². The summed E-state index contributed by atoms with van der Waals surface area (Å²) in [7, 11) is 1.98. The van der Waals surface area contributed by atoms with Gasteiger partial charge in [0.05, 0.1) is 10.5 Å². The molecule has 0 fully saturated rings. The van der Waals surface area contributed by atoms with Crippen LogP contribution in [-0.2, 0) is 13.0 Å². The first kappa shape index (κ1) is 11.9. The number of nitrogens with zero attached hydrogens (tertiary/aromatic N) is 2. The molecule has 1 aromatic heterocycles. The number of hydrogen-bond acceptors (Lipinski definition) is 4. The Labute approximate surface area is 113 Å². The topological polar surface area (TPSA) is 46.4 Å². The minimum Gasteiger partial charge on any atom is -0.301 e. The molecule has 0 radical (unpaired) electrons. The highest BCUT2D eigenvalue weighted by molar-refractivity contribution is 7.22. The molecule has 2 aromatic rings. The van der Waals surface area contributed by atoms with Crippen molar-refractivity contribution in [2.45, 2.75) is 13.0 Å². The van der Waals surface area contributed by atoms with E-state index in [1.807, 2.05) is 19.2 Å². The van der Waals surface area contributed by atoms with Crippen LogP contribution in [-0.4, -0.2) is 23.4 Å². The van der Waals surface area contributed by atoms with E-state index in [-0.39, 0.29) is 9.92 Å². The molecule has 0 spiro atoms. The van der Waals surface area contributed by atoms with Gasteiger partial charge in [-0.3, -0.25) is 10.1 Å². The van der Waals surface area contributed by atoms with Gasteiger partial charge in [0.15, 0.2) is 0 Å². The molecule has 18 heavy (non-hydrogen) atoms. The van der Waals surface area contributed by atoms with Crippen molar-refractivity contribution < 1.29 is 4.92 Å². The van der Waals surface area contributed by atoms with Gasteiger partial charge in [-0.1, -0.05) is 22.9 Å². The third-order valence-corrected chi connectivity index (χ3v) is 4.82. The zero-order valence-corrected chi connectivity index (χ0v) is 11.3. The molecule has 4 nitrogen and oxygen atoms in total. The third-order valence-electron chi connectivity index (χ3n) is 3.32. The highest BCUT2D eigenvalue weighted by atomic mass is 35.5. The van der Waals surface area contributed by atoms with Crippen LogP contribution in [0.1, 0.15) is 11.1 Å². The van der Waals surface area contributed by atoms with E-state index in [1.165, 1.54) is 11.3 Å². The second-order valence-corrected chi connectivity index (χ2v) is 5.97. The lowest BCUT2D eigenvalue weighted by Gasteiger charge is -2.12. The van der Waals surface area contributed by atoms with E-state index in [2.05, 4.69) is 4.90 Å². The van der Waals surface area contributed by atoms with Gasteiger partial charge >= 0.3 is 5.00 Å². The summed E-state index contributed by atoms with van der Waals surface area (Å²) in [6.45, 7) is 1.49. The molecule has 0 saturated carbocycles. The molecule has 0 aliphatic carbocycles. The van der Waals surface area contributed by atoms with Crippen LogP contribution < -0.4 is 0 Å². The highest BCUT2D eigenvalue weighted by Gasteiger charge is 2.27. The summed E-state index contributed by atoms with van der Waals surface area (Å²) >= 11 is 7.48. The number of rotatable bonds is 1. The lowest BCUT2D eigenvalue weighted by Crippen LogP contribution is -2.18. The fraction of sp³-hybridized carbons (Fsp3) is 0.333. The van der Waals surface area contributed by atoms with Gasteiger partial charge in [0, 0.05) is 28.2 Å². The molecule has 0 atom stereocenters. The zero-order chi connectivity index (χ0) is 12.9. The van der Waals surface area contributed by atoms with Crippen molar-refractivity contribution in [1.82, 2.24) is 4.90 Å². The lowest BCUT2D eigenvalue weighted by atomic mass is 10.0. The number of benzene rings is 1. The van der Waals surface area contributed by atoms with Gasteiger partial charge in [-0.15, -0.1) is 0 Å². The maximum absolute atomic E-state index is 11.2. The molecule has 0 amide bonds. The smallest absolute Gasteiger partial charge is 0.301 e. The maximum atomic E-state index is 11.2. The SMILES string of the molecule is CN1CCc2c(Cl)ccc3sc([N+](=O)[O-])c(c23)C1. The quantitative estimate of drug-likeness (QED) is 0.594. The predicted octanol–water partition coefficient (Wildman–Crippen LogP) is 3.45. The fourth-order valence-electron chi connectivity index (χ4n) is 2.48. The minimum absolute atomic E-state index is 0.252. The molecule has 1 aliphatic rings. The second kappa shape index (κ2) is 4.19. The van der Waals surface area contributed by atoms with Crippen LogP contribution in [0, 0.1) is 10.1 Å². The molecular weight excluding hydrogens is 272 g/mol. The summed E-state index contributed by atoms with van der Waals surface area (Å²) in [5, 5.41) is 13.1. The van der Waals surface area contributed by atoms with E-state index >= 15 is 0 Å². The summed E-state index contributed by atoms with van der Waals surface area (Å²) in [6.07, 6.45) is 0.841. The van der Waals surface area contributed by atoms with E-state index < -0.39 is 0 Å². The van der Waals surface area contributed by atoms with Gasteiger partial charge in [-0.05, 0) is 31.2 Å². The Bertz CT molecular complexity index is 653. The molecule has 3 rings (SSSR count). The van der Waals surface area contributed by atoms with Crippen molar-refractivity contribution in [3.05, 3.63) is 38.4 Å². The summed E-state index contributed by atoms with van der Waals surface area (Å²) in [4.78, 5) is 13.0. The first-order valence-electron chi connectivity index (χ1n) is 5.63. The van der Waals surface area contributed by atoms with Crippen molar-refractivity contribution in [1.29, 1.82) is 0 Å². The standard InChI is InChI=1S/C12H11ClN2O2S/c1-14-5-4-7-9(13)2-3-10-11(7)8(6-14)12(18-10)15(16)17/h2-3H,4-6H2,1H3. The first-order chi connectivity index (χ1) is 8.58. The largest absolute Gasteiger partial charge is 0.329 e. The number of halogens is 1. The average molecular weight is 283 g/mol. The zero-order valence-electron chi connectivity index (χ0n) is 9.77. The Morgan fingerprint density at radius 2 is 2.22 bits per heavy atom. The van der Waals surface area contributed by atoms with Crippen LogP contribution in [0.5, 0.6) is 0 Å². The molecule has 2 heterocycles. The van der Waals surface area contributed by atoms with E-state index in [0.29, 0.717) is 11.6 Å². The molecule has 94 valence electrons. The number of hydrogen-bond donors (Lipinski definition) is 0. The van der Waals surface area contributed by atoms with E-state index in [4.69, 9.17) is 11.6 Å². The Balaban J connectivity index is 2.39. The summed E-state index contributed by atoms with van der Waals surface area (Å²) in [6, 6.07) is 3.72. The van der Waals surface area contributed by atoms with Crippen LogP contribution in [0.4, 0.5) is 5.00 Å². The monoisotopic (exact) mass is 282 g/mol. The Morgan fingerprint density at radius 1 is 1.44 bits per heavy atom. The normalized spacial score (nSPS) is 15.9. The molecular formula is C12H11ClN2O2S. The fourth-order valence-corrected chi connectivity index (χ4v) is 3.79. The van der Waals surface area contributed by atoms with Gasteiger partial charge in [-0.2, -0.15) is 0 Å². The van der Waals surface area contributed by atoms with Gasteiger partial charge < -0.3 is 4.90 Å². The van der Waals surface area contributed by atoms with Crippen molar-refractivity contribution in [3.63, 3.8) is 0 Å². The molecule has 0 N–H and O–H groups in total. The van der Waals surface area contributed by atoms with E-state index in [9.17, 15) is 10.1 Å². The predicted molar refractivity (Wildman–Crippen MR) is 73.5 cm³/mol. The summed E-state index contributed by atoms with van der Waals surface area (Å²) < 4.78 is 0.964. The number of nitro groups is 1. The molecule has 0 unspecified atom stereocenters. The third kappa shape index (κ3) is 1.70. The molecule has 0 bridgehead atoms. The molecule has 0 saturated heterocycles. The molecule has 1 aliphatic heterocycles.